The summed E-state index contributed by atoms with van der Waals surface area (Å²) in [6.07, 6.45) is 4.53. The number of aryl methyl sites for hydroxylation is 1. The van der Waals surface area contributed by atoms with Crippen molar-refractivity contribution in [1.29, 1.82) is 0 Å². The van der Waals surface area contributed by atoms with E-state index < -0.39 is 0 Å². The zero-order valence-corrected chi connectivity index (χ0v) is 13.7. The predicted molar refractivity (Wildman–Crippen MR) is 84.5 cm³/mol. The molecule has 2 aliphatic heterocycles. The van der Waals surface area contributed by atoms with Gasteiger partial charge in [-0.1, -0.05) is 0 Å². The van der Waals surface area contributed by atoms with E-state index in [1.807, 2.05) is 7.05 Å². The Morgan fingerprint density at radius 2 is 2.33 bits per heavy atom. The minimum Gasteiger partial charge on any atom is -0.380 e. The van der Waals surface area contributed by atoms with E-state index in [1.165, 1.54) is 0 Å². The summed E-state index contributed by atoms with van der Waals surface area (Å²) in [5.74, 6) is 0.885. The fourth-order valence-electron chi connectivity index (χ4n) is 3.16. The van der Waals surface area contributed by atoms with E-state index in [-0.39, 0.29) is 6.04 Å². The molecular weight excluding hydrogens is 334 g/mol. The topological polar surface area (TPSA) is 54.5 Å². The van der Waals surface area contributed by atoms with Crippen molar-refractivity contribution in [2.75, 3.05) is 38.7 Å². The van der Waals surface area contributed by atoms with Crippen LogP contribution in [0, 0.1) is 5.41 Å². The van der Waals surface area contributed by atoms with Crippen molar-refractivity contribution >= 4 is 28.0 Å². The Morgan fingerprint density at radius 1 is 1.57 bits per heavy atom. The molecule has 21 heavy (non-hydrogen) atoms. The van der Waals surface area contributed by atoms with Gasteiger partial charge in [0.15, 0.2) is 0 Å². The van der Waals surface area contributed by atoms with Gasteiger partial charge >= 0.3 is 0 Å². The van der Waals surface area contributed by atoms with E-state index in [0.717, 1.165) is 61.3 Å². The Bertz CT molecular complexity index is 526. The van der Waals surface area contributed by atoms with E-state index in [9.17, 15) is 4.79 Å². The van der Waals surface area contributed by atoms with Crippen LogP contribution < -0.4 is 5.32 Å². The summed E-state index contributed by atoms with van der Waals surface area (Å²) in [4.78, 5) is 18.0. The largest absolute Gasteiger partial charge is 0.380 e. The number of ether oxygens (including phenoxy) is 1. The maximum absolute atomic E-state index is 11.4. The number of aromatic nitrogens is 1. The maximum atomic E-state index is 11.4. The van der Waals surface area contributed by atoms with E-state index in [2.05, 4.69) is 37.2 Å². The molecule has 2 saturated heterocycles. The minimum atomic E-state index is -0.0000808. The van der Waals surface area contributed by atoms with Crippen LogP contribution in [0.2, 0.25) is 0 Å². The Morgan fingerprint density at radius 3 is 2.90 bits per heavy atom. The van der Waals surface area contributed by atoms with Gasteiger partial charge in [-0.3, -0.25) is 4.90 Å². The minimum absolute atomic E-state index is 0.0000808. The molecule has 3 heterocycles. The van der Waals surface area contributed by atoms with E-state index in [1.54, 1.807) is 6.20 Å². The summed E-state index contributed by atoms with van der Waals surface area (Å²) in [5.41, 5.74) is 1.50. The van der Waals surface area contributed by atoms with Gasteiger partial charge in [0.2, 0.25) is 0 Å². The van der Waals surface area contributed by atoms with Crippen molar-refractivity contribution in [2.45, 2.75) is 18.9 Å². The van der Waals surface area contributed by atoms with Crippen molar-refractivity contribution in [2.24, 2.45) is 5.41 Å². The lowest BCUT2D eigenvalue weighted by atomic mass is 9.77. The third kappa shape index (κ3) is 2.98. The average molecular weight is 354 g/mol. The van der Waals surface area contributed by atoms with Crippen LogP contribution in [-0.2, 0) is 16.0 Å². The van der Waals surface area contributed by atoms with E-state index in [0.29, 0.717) is 5.41 Å². The van der Waals surface area contributed by atoms with Gasteiger partial charge in [-0.25, -0.2) is 4.98 Å². The molecule has 1 unspecified atom stereocenters. The quantitative estimate of drug-likeness (QED) is 0.789. The Hall–Kier alpha value is -0.980. The van der Waals surface area contributed by atoms with Gasteiger partial charge in [-0.05, 0) is 40.4 Å². The highest BCUT2D eigenvalue weighted by molar-refractivity contribution is 9.10. The monoisotopic (exact) mass is 353 g/mol. The third-order valence-corrected chi connectivity index (χ3v) is 4.83. The molecule has 5 nitrogen and oxygen atoms in total. The number of hydrogen-bond acceptors (Lipinski definition) is 5. The van der Waals surface area contributed by atoms with Crippen LogP contribution >= 0.6 is 15.9 Å². The fourth-order valence-corrected chi connectivity index (χ4v) is 3.54. The lowest BCUT2D eigenvalue weighted by molar-refractivity contribution is -0.197. The second-order valence-electron chi connectivity index (χ2n) is 6.05. The summed E-state index contributed by atoms with van der Waals surface area (Å²) in [6.45, 7) is 3.70. The third-order valence-electron chi connectivity index (χ3n) is 4.40. The molecule has 1 N–H and O–H groups in total. The molecule has 1 aromatic heterocycles. The number of anilines is 1. The number of halogens is 1. The van der Waals surface area contributed by atoms with Gasteiger partial charge in [0.1, 0.15) is 12.1 Å². The number of nitrogens with zero attached hydrogens (tertiary/aromatic N) is 2. The Balaban J connectivity index is 1.58. The van der Waals surface area contributed by atoms with Crippen molar-refractivity contribution in [3.8, 4) is 0 Å². The molecule has 0 aromatic carbocycles. The van der Waals surface area contributed by atoms with Crippen molar-refractivity contribution in [3.63, 3.8) is 0 Å². The van der Waals surface area contributed by atoms with Crippen LogP contribution in [0.4, 0.5) is 5.82 Å². The number of aldehydes is 1. The molecule has 0 saturated carbocycles. The lowest BCUT2D eigenvalue weighted by Crippen LogP contribution is -2.68. The number of hydrogen-bond donors (Lipinski definition) is 1. The second kappa shape index (κ2) is 6.02. The van der Waals surface area contributed by atoms with E-state index in [4.69, 9.17) is 4.74 Å². The predicted octanol–water partition coefficient (Wildman–Crippen LogP) is 1.72. The zero-order valence-electron chi connectivity index (χ0n) is 12.1. The summed E-state index contributed by atoms with van der Waals surface area (Å²) >= 11 is 3.45. The highest BCUT2D eigenvalue weighted by Gasteiger charge is 2.50. The summed E-state index contributed by atoms with van der Waals surface area (Å²) < 4.78 is 6.24. The first-order valence-corrected chi connectivity index (χ1v) is 8.04. The number of pyridine rings is 1. The number of carbonyl (C=O) groups is 1. The first-order chi connectivity index (χ1) is 10.2. The van der Waals surface area contributed by atoms with E-state index >= 15 is 0 Å². The first-order valence-electron chi connectivity index (χ1n) is 7.25. The number of rotatable bonds is 6. The van der Waals surface area contributed by atoms with Gasteiger partial charge in [-0.15, -0.1) is 0 Å². The molecule has 0 bridgehead atoms. The molecule has 2 fully saturated rings. The highest BCUT2D eigenvalue weighted by Crippen LogP contribution is 2.39. The van der Waals surface area contributed by atoms with Crippen molar-refractivity contribution < 1.29 is 9.53 Å². The number of nitrogens with one attached hydrogen (secondary N) is 1. The molecule has 0 aliphatic carbocycles. The molecule has 0 amide bonds. The van der Waals surface area contributed by atoms with Crippen LogP contribution in [-0.4, -0.2) is 55.6 Å². The van der Waals surface area contributed by atoms with Crippen LogP contribution in [0.15, 0.2) is 16.7 Å². The van der Waals surface area contributed by atoms with Gasteiger partial charge in [0, 0.05) is 36.2 Å². The number of carbonyl (C=O) groups excluding carboxylic acids is 1. The standard InChI is InChI=1S/C15H20BrN3O2/c1-17-14-11(4-12(16)5-18-14)2-3-13(6-20)19-7-15(8-19)9-21-10-15/h4-6,13H,2-3,7-10H2,1H3,(H,17,18). The molecule has 1 aromatic rings. The normalized spacial score (nSPS) is 21.4. The van der Waals surface area contributed by atoms with Crippen LogP contribution in [0.3, 0.4) is 0 Å². The smallest absolute Gasteiger partial charge is 0.137 e. The summed E-state index contributed by atoms with van der Waals surface area (Å²) in [6, 6.07) is 2.07. The molecule has 114 valence electrons. The average Bonchev–Trinajstić information content (AvgIpc) is 2.39. The molecule has 3 rings (SSSR count). The van der Waals surface area contributed by atoms with Gasteiger partial charge in [-0.2, -0.15) is 0 Å². The van der Waals surface area contributed by atoms with Crippen molar-refractivity contribution in [1.82, 2.24) is 9.88 Å². The lowest BCUT2D eigenvalue weighted by Gasteiger charge is -2.56. The zero-order chi connectivity index (χ0) is 14.9. The fraction of sp³-hybridized carbons (Fsp3) is 0.600. The number of likely N-dealkylation sites (tertiary alicyclic amines) is 1. The Labute approximate surface area is 133 Å². The molecule has 0 radical (unpaired) electrons. The maximum Gasteiger partial charge on any atom is 0.137 e. The molecular formula is C15H20BrN3O2. The molecule has 1 spiro atoms. The Kier molecular flexibility index (Phi) is 4.28. The summed E-state index contributed by atoms with van der Waals surface area (Å²) in [7, 11) is 1.87. The molecule has 6 heteroatoms. The van der Waals surface area contributed by atoms with Crippen LogP contribution in [0.25, 0.3) is 0 Å². The second-order valence-corrected chi connectivity index (χ2v) is 6.97. The van der Waals surface area contributed by atoms with Crippen LogP contribution in [0.1, 0.15) is 12.0 Å². The highest BCUT2D eigenvalue weighted by atomic mass is 79.9. The van der Waals surface area contributed by atoms with Gasteiger partial charge < -0.3 is 14.8 Å². The van der Waals surface area contributed by atoms with Gasteiger partial charge in [0.05, 0.1) is 19.3 Å². The first kappa shape index (κ1) is 14.9. The summed E-state index contributed by atoms with van der Waals surface area (Å²) in [5, 5.41) is 3.10. The van der Waals surface area contributed by atoms with Crippen molar-refractivity contribution in [3.05, 3.63) is 22.3 Å². The van der Waals surface area contributed by atoms with Gasteiger partial charge in [0.25, 0.3) is 0 Å². The van der Waals surface area contributed by atoms with Crippen LogP contribution in [0.5, 0.6) is 0 Å². The molecule has 1 atom stereocenters. The molecule has 2 aliphatic rings. The SMILES string of the molecule is CNc1ncc(Br)cc1CCC(C=O)N1CC2(COC2)C1.